The first kappa shape index (κ1) is 22.2. The van der Waals surface area contributed by atoms with Gasteiger partial charge in [-0.1, -0.05) is 0 Å². The molecule has 0 aliphatic rings. The summed E-state index contributed by atoms with van der Waals surface area (Å²) in [4.78, 5) is 17.6. The smallest absolute Gasteiger partial charge is 0.263 e. The topological polar surface area (TPSA) is 123 Å². The lowest BCUT2D eigenvalue weighted by molar-refractivity contribution is 0.0956. The molecular formula is C23H21FN6O2S. The maximum atomic E-state index is 13.2. The Bertz CT molecular complexity index is 1350. The van der Waals surface area contributed by atoms with Crippen molar-refractivity contribution in [1.29, 1.82) is 5.26 Å². The highest BCUT2D eigenvalue weighted by Crippen LogP contribution is 2.29. The Morgan fingerprint density at radius 1 is 1.27 bits per heavy atom. The predicted octanol–water partition coefficient (Wildman–Crippen LogP) is 4.16. The molecule has 0 saturated carbocycles. The number of furan rings is 1. The van der Waals surface area contributed by atoms with Gasteiger partial charge in [-0.2, -0.15) is 10.4 Å². The molecule has 4 rings (SSSR count). The summed E-state index contributed by atoms with van der Waals surface area (Å²) in [5.41, 5.74) is 8.09. The van der Waals surface area contributed by atoms with Crippen LogP contribution in [0.1, 0.15) is 38.8 Å². The Kier molecular flexibility index (Phi) is 6.24. The molecule has 33 heavy (non-hydrogen) atoms. The fourth-order valence-corrected chi connectivity index (χ4v) is 4.30. The highest BCUT2D eigenvalue weighted by atomic mass is 32.1. The molecule has 3 heterocycles. The van der Waals surface area contributed by atoms with Crippen molar-refractivity contribution >= 4 is 23.1 Å². The van der Waals surface area contributed by atoms with Crippen molar-refractivity contribution in [2.45, 2.75) is 26.7 Å². The fraction of sp³-hybridized carbons (Fsp3) is 0.217. The minimum Gasteiger partial charge on any atom is -0.459 e. The largest absolute Gasteiger partial charge is 0.459 e. The number of hydrogen-bond acceptors (Lipinski definition) is 7. The summed E-state index contributed by atoms with van der Waals surface area (Å²) in [7, 11) is 0. The molecule has 0 aliphatic heterocycles. The summed E-state index contributed by atoms with van der Waals surface area (Å²) in [6.45, 7) is 4.03. The minimum atomic E-state index is -0.372. The lowest BCUT2D eigenvalue weighted by atomic mass is 10.1. The summed E-state index contributed by atoms with van der Waals surface area (Å²) in [6, 6.07) is 11.5. The summed E-state index contributed by atoms with van der Waals surface area (Å²) < 4.78 is 20.2. The molecule has 0 unspecified atom stereocenters. The number of nitrogens with two attached hydrogens (primary N) is 1. The number of benzene rings is 1. The average Bonchev–Trinajstić information content (AvgIpc) is 3.48. The van der Waals surface area contributed by atoms with Crippen molar-refractivity contribution in [3.8, 4) is 22.5 Å². The zero-order valence-electron chi connectivity index (χ0n) is 18.1. The molecule has 1 amide bonds. The average molecular weight is 465 g/mol. The zero-order chi connectivity index (χ0) is 23.5. The molecule has 0 fully saturated rings. The van der Waals surface area contributed by atoms with E-state index < -0.39 is 0 Å². The molecule has 10 heteroatoms. The number of hydrogen-bond donors (Lipinski definition) is 2. The van der Waals surface area contributed by atoms with E-state index in [4.69, 9.17) is 10.2 Å². The van der Waals surface area contributed by atoms with Crippen LogP contribution in [0.15, 0.2) is 40.8 Å². The number of nitrogens with zero attached hydrogens (tertiary/aromatic N) is 4. The summed E-state index contributed by atoms with van der Waals surface area (Å²) in [5, 5.41) is 17.5. The Balaban J connectivity index is 1.39. The van der Waals surface area contributed by atoms with Crippen LogP contribution in [0.4, 0.5) is 10.2 Å². The van der Waals surface area contributed by atoms with Gasteiger partial charge in [-0.25, -0.2) is 14.1 Å². The van der Waals surface area contributed by atoms with Gasteiger partial charge in [-0.15, -0.1) is 11.3 Å². The van der Waals surface area contributed by atoms with E-state index in [1.165, 1.54) is 28.2 Å². The number of amides is 1. The number of rotatable bonds is 7. The van der Waals surface area contributed by atoms with E-state index in [0.29, 0.717) is 52.1 Å². The van der Waals surface area contributed by atoms with Crippen LogP contribution in [0.5, 0.6) is 0 Å². The lowest BCUT2D eigenvalue weighted by Gasteiger charge is -2.04. The normalized spacial score (nSPS) is 10.8. The van der Waals surface area contributed by atoms with Gasteiger partial charge in [-0.05, 0) is 63.1 Å². The van der Waals surface area contributed by atoms with E-state index in [-0.39, 0.29) is 23.1 Å². The van der Waals surface area contributed by atoms with Crippen molar-refractivity contribution in [1.82, 2.24) is 20.1 Å². The Hall–Kier alpha value is -3.97. The van der Waals surface area contributed by atoms with Gasteiger partial charge < -0.3 is 15.5 Å². The van der Waals surface area contributed by atoms with Gasteiger partial charge in [0.25, 0.3) is 5.91 Å². The first-order valence-electron chi connectivity index (χ1n) is 10.2. The highest BCUT2D eigenvalue weighted by molar-refractivity contribution is 7.17. The molecule has 3 N–H and O–H groups in total. The van der Waals surface area contributed by atoms with Crippen LogP contribution in [0, 0.1) is 31.0 Å². The van der Waals surface area contributed by atoms with Gasteiger partial charge in [0.1, 0.15) is 33.9 Å². The third-order valence-electron chi connectivity index (χ3n) is 5.01. The van der Waals surface area contributed by atoms with Crippen LogP contribution >= 0.6 is 11.3 Å². The van der Waals surface area contributed by atoms with Gasteiger partial charge in [0.2, 0.25) is 0 Å². The van der Waals surface area contributed by atoms with E-state index in [1.807, 2.05) is 19.1 Å². The second-order valence-electron chi connectivity index (χ2n) is 7.41. The van der Waals surface area contributed by atoms with E-state index in [0.717, 1.165) is 5.76 Å². The molecule has 3 aromatic heterocycles. The molecule has 0 saturated heterocycles. The van der Waals surface area contributed by atoms with Crippen LogP contribution in [0.3, 0.4) is 0 Å². The molecule has 8 nitrogen and oxygen atoms in total. The Labute approximate surface area is 193 Å². The number of aromatic nitrogens is 3. The van der Waals surface area contributed by atoms with Gasteiger partial charge in [0.15, 0.2) is 10.8 Å². The number of thiazole rings is 1. The Morgan fingerprint density at radius 3 is 2.70 bits per heavy atom. The third kappa shape index (κ3) is 4.63. The fourth-order valence-electron chi connectivity index (χ4n) is 3.35. The van der Waals surface area contributed by atoms with E-state index in [9.17, 15) is 14.4 Å². The molecular weight excluding hydrogens is 443 g/mol. The number of aryl methyl sites for hydroxylation is 3. The predicted molar refractivity (Wildman–Crippen MR) is 123 cm³/mol. The van der Waals surface area contributed by atoms with Gasteiger partial charge >= 0.3 is 0 Å². The molecule has 0 atom stereocenters. The van der Waals surface area contributed by atoms with Gasteiger partial charge in [0.05, 0.1) is 17.1 Å². The molecule has 0 bridgehead atoms. The van der Waals surface area contributed by atoms with Crippen molar-refractivity contribution in [3.63, 3.8) is 0 Å². The van der Waals surface area contributed by atoms with Crippen molar-refractivity contribution < 1.29 is 13.6 Å². The number of halogens is 1. The third-order valence-corrected chi connectivity index (χ3v) is 6.18. The standard InChI is InChI=1S/C23H21FN6O2S/c1-13-5-10-19(32-13)23-28-14(2)20(33-23)22(31)27-11-3-4-18-17(12-25)21(26)30(29-18)16-8-6-15(24)7-9-16/h5-10H,3-4,11,26H2,1-2H3,(H,27,31). The second kappa shape index (κ2) is 9.26. The molecule has 0 spiro atoms. The first-order chi connectivity index (χ1) is 15.9. The SMILES string of the molecule is Cc1ccc(-c2nc(C)c(C(=O)NCCCc3nn(-c4ccc(F)cc4)c(N)c3C#N)s2)o1. The van der Waals surface area contributed by atoms with Crippen LogP contribution in [0.25, 0.3) is 16.5 Å². The minimum absolute atomic E-state index is 0.198. The van der Waals surface area contributed by atoms with Crippen LogP contribution in [-0.2, 0) is 6.42 Å². The molecule has 1 aromatic carbocycles. The van der Waals surface area contributed by atoms with E-state index in [2.05, 4.69) is 21.5 Å². The van der Waals surface area contributed by atoms with Crippen LogP contribution in [0.2, 0.25) is 0 Å². The molecule has 0 radical (unpaired) electrons. The van der Waals surface area contributed by atoms with E-state index in [1.54, 1.807) is 19.1 Å². The number of nitriles is 1. The summed E-state index contributed by atoms with van der Waals surface area (Å²) >= 11 is 1.28. The number of carbonyl (C=O) groups is 1. The number of carbonyl (C=O) groups excluding carboxylic acids is 1. The molecule has 0 aliphatic carbocycles. The monoisotopic (exact) mass is 464 g/mol. The zero-order valence-corrected chi connectivity index (χ0v) is 18.9. The van der Waals surface area contributed by atoms with Crippen molar-refractivity contribution in [2.24, 2.45) is 0 Å². The van der Waals surface area contributed by atoms with Crippen molar-refractivity contribution in [3.05, 3.63) is 69.8 Å². The highest BCUT2D eigenvalue weighted by Gasteiger charge is 2.19. The summed E-state index contributed by atoms with van der Waals surface area (Å²) in [5.74, 6) is 1.03. The summed E-state index contributed by atoms with van der Waals surface area (Å²) in [6.07, 6.45) is 1.00. The lowest BCUT2D eigenvalue weighted by Crippen LogP contribution is -2.24. The van der Waals surface area contributed by atoms with Crippen LogP contribution < -0.4 is 11.1 Å². The number of nitrogen functional groups attached to an aromatic ring is 1. The maximum Gasteiger partial charge on any atom is 0.263 e. The van der Waals surface area contributed by atoms with Crippen molar-refractivity contribution in [2.75, 3.05) is 12.3 Å². The number of anilines is 1. The first-order valence-corrected chi connectivity index (χ1v) is 11.0. The molecule has 4 aromatic rings. The maximum absolute atomic E-state index is 13.2. The quantitative estimate of drug-likeness (QED) is 0.396. The van der Waals surface area contributed by atoms with E-state index >= 15 is 0 Å². The van der Waals surface area contributed by atoms with Gasteiger partial charge in [0, 0.05) is 6.54 Å². The number of nitrogens with one attached hydrogen (secondary N) is 1. The second-order valence-corrected chi connectivity index (χ2v) is 8.41. The Morgan fingerprint density at radius 2 is 2.03 bits per heavy atom. The van der Waals surface area contributed by atoms with Crippen LogP contribution in [-0.4, -0.2) is 27.2 Å². The van der Waals surface area contributed by atoms with Gasteiger partial charge in [-0.3, -0.25) is 4.79 Å². The molecule has 168 valence electrons.